The molecule has 3 rings (SSSR count). The Bertz CT molecular complexity index is 841. The second-order valence-electron chi connectivity index (χ2n) is 5.77. The Balaban J connectivity index is 1.94. The first-order chi connectivity index (χ1) is 11.5. The average Bonchev–Trinajstić information content (AvgIpc) is 2.73. The van der Waals surface area contributed by atoms with E-state index in [1.165, 1.54) is 0 Å². The van der Waals surface area contributed by atoms with Crippen LogP contribution in [0.15, 0.2) is 15.8 Å². The summed E-state index contributed by atoms with van der Waals surface area (Å²) in [6, 6.07) is 0. The zero-order chi connectivity index (χ0) is 18.6. The molecule has 0 unspecified atom stereocenters. The molecule has 25 heavy (non-hydrogen) atoms. The number of phosphoric ester groups is 1. The molecule has 0 spiro atoms. The Labute approximate surface area is 144 Å². The number of aromatic amines is 1. The van der Waals surface area contributed by atoms with Gasteiger partial charge in [-0.05, 0) is 13.8 Å². The lowest BCUT2D eigenvalue weighted by Gasteiger charge is -2.33. The summed E-state index contributed by atoms with van der Waals surface area (Å²) in [5.41, 5.74) is -2.41. The van der Waals surface area contributed by atoms with Crippen molar-refractivity contribution in [2.24, 2.45) is 0 Å². The van der Waals surface area contributed by atoms with Crippen molar-refractivity contribution in [3.63, 3.8) is 0 Å². The van der Waals surface area contributed by atoms with E-state index < -0.39 is 54.6 Å². The van der Waals surface area contributed by atoms with Gasteiger partial charge >= 0.3 is 13.5 Å². The lowest BCUT2D eigenvalue weighted by molar-refractivity contribution is -0.0750. The summed E-state index contributed by atoms with van der Waals surface area (Å²) < 4.78 is 61.7. The van der Waals surface area contributed by atoms with Crippen LogP contribution < -0.4 is 11.2 Å². The van der Waals surface area contributed by atoms with Crippen molar-refractivity contribution >= 4 is 19.4 Å². The summed E-state index contributed by atoms with van der Waals surface area (Å²) in [4.78, 5) is 24.6. The van der Waals surface area contributed by atoms with Gasteiger partial charge in [0.15, 0.2) is 12.3 Å². The topological polar surface area (TPSA) is 109 Å². The number of hydrogen-bond acceptors (Lipinski definition) is 7. The number of phosphoric acid groups is 1. The number of halogens is 3. The number of ether oxygens (including phenoxy) is 1. The Morgan fingerprint density at radius 3 is 2.84 bits per heavy atom. The molecule has 13 heteroatoms. The van der Waals surface area contributed by atoms with Crippen molar-refractivity contribution in [3.05, 3.63) is 32.9 Å². The molecule has 2 aliphatic rings. The Morgan fingerprint density at radius 1 is 1.52 bits per heavy atom. The van der Waals surface area contributed by atoms with Crippen LogP contribution in [0.25, 0.3) is 0 Å². The molecule has 0 bridgehead atoms. The van der Waals surface area contributed by atoms with Gasteiger partial charge in [0.05, 0.1) is 18.9 Å². The number of nitrogens with zero attached hydrogens (tertiary/aromatic N) is 1. The number of nitrogens with one attached hydrogen (secondary N) is 1. The molecule has 2 aliphatic heterocycles. The smallest absolute Gasteiger partial charge is 0.344 e. The number of H-pyrrole nitrogens is 1. The largest absolute Gasteiger partial charge is 0.475 e. The van der Waals surface area contributed by atoms with Crippen molar-refractivity contribution in [2.75, 3.05) is 6.61 Å². The fourth-order valence-electron chi connectivity index (χ4n) is 2.51. The average molecular weight is 403 g/mol. The molecular weight excluding hydrogens is 389 g/mol. The maximum Gasteiger partial charge on any atom is 0.475 e. The normalized spacial score (nSPS) is 38.1. The van der Waals surface area contributed by atoms with Crippen LogP contribution >= 0.6 is 19.4 Å². The Morgan fingerprint density at radius 2 is 2.20 bits per heavy atom. The van der Waals surface area contributed by atoms with Crippen LogP contribution in [0.3, 0.4) is 0 Å². The van der Waals surface area contributed by atoms with Gasteiger partial charge in [-0.25, -0.2) is 13.8 Å². The van der Waals surface area contributed by atoms with Crippen molar-refractivity contribution in [1.29, 1.82) is 0 Å². The second-order valence-corrected chi connectivity index (χ2v) is 7.92. The minimum atomic E-state index is -4.09. The van der Waals surface area contributed by atoms with Gasteiger partial charge in [-0.1, -0.05) is 11.6 Å². The summed E-state index contributed by atoms with van der Waals surface area (Å²) in [6.45, 7) is 2.75. The molecule has 0 aliphatic carbocycles. The fourth-order valence-corrected chi connectivity index (χ4v) is 4.50. The van der Waals surface area contributed by atoms with E-state index in [-0.39, 0.29) is 6.61 Å². The lowest BCUT2D eigenvalue weighted by atomic mass is 10.1. The van der Waals surface area contributed by atoms with E-state index in [9.17, 15) is 18.5 Å². The van der Waals surface area contributed by atoms with Gasteiger partial charge in [-0.15, -0.1) is 0 Å². The number of alkyl halides is 2. The van der Waals surface area contributed by atoms with Crippen LogP contribution in [0, 0.1) is 5.82 Å². The van der Waals surface area contributed by atoms with E-state index in [1.54, 1.807) is 18.8 Å². The Kier molecular flexibility index (Phi) is 4.68. The minimum Gasteiger partial charge on any atom is -0.344 e. The molecule has 140 valence electrons. The van der Waals surface area contributed by atoms with Crippen LogP contribution in [-0.2, 0) is 22.9 Å². The highest BCUT2D eigenvalue weighted by Crippen LogP contribution is 2.60. The molecule has 5 atom stereocenters. The van der Waals surface area contributed by atoms with E-state index in [0.29, 0.717) is 10.8 Å². The van der Waals surface area contributed by atoms with Crippen LogP contribution in [-0.4, -0.2) is 39.6 Å². The zero-order valence-electron chi connectivity index (χ0n) is 13.0. The van der Waals surface area contributed by atoms with E-state index in [1.807, 2.05) is 0 Å². The van der Waals surface area contributed by atoms with E-state index in [0.717, 1.165) is 0 Å². The van der Waals surface area contributed by atoms with Crippen LogP contribution in [0.4, 0.5) is 8.78 Å². The zero-order valence-corrected chi connectivity index (χ0v) is 14.6. The third-order valence-electron chi connectivity index (χ3n) is 3.51. The number of aromatic nitrogens is 2. The van der Waals surface area contributed by atoms with Gasteiger partial charge in [0.25, 0.3) is 10.7 Å². The second kappa shape index (κ2) is 6.26. The highest BCUT2D eigenvalue weighted by Gasteiger charge is 2.63. The first-order valence-electron chi connectivity index (χ1n) is 7.19. The van der Waals surface area contributed by atoms with Crippen molar-refractivity contribution in [1.82, 2.24) is 9.55 Å². The number of fused-ring (bicyclic) bond motifs is 1. The molecule has 1 aromatic heterocycles. The fraction of sp³-hybridized carbons (Fsp3) is 0.667. The maximum atomic E-state index is 15.1. The molecule has 2 saturated heterocycles. The predicted molar refractivity (Wildman–Crippen MR) is 79.5 cm³/mol. The molecule has 1 N–H and O–H groups in total. The molecule has 0 amide bonds. The van der Waals surface area contributed by atoms with Gasteiger partial charge in [0, 0.05) is 0 Å². The standard InChI is InChI=1S/C12H14ClF2N2O7P/c1-5(2)23-25(20)21-4-7-8(24-25)12(13,15)10(22-7)17-3-6(14)9(18)16-11(17)19/h3,5,7-8,10H,4H2,1-2H3,(H,16,18,19)/t7-,8-,10-,12-,25-/m1/s1. The summed E-state index contributed by atoms with van der Waals surface area (Å²) in [5.74, 6) is -1.34. The van der Waals surface area contributed by atoms with Crippen LogP contribution in [0.2, 0.25) is 0 Å². The molecule has 9 nitrogen and oxygen atoms in total. The van der Waals surface area contributed by atoms with E-state index >= 15 is 4.39 Å². The summed E-state index contributed by atoms with van der Waals surface area (Å²) >= 11 is 5.85. The van der Waals surface area contributed by atoms with Gasteiger partial charge in [0.2, 0.25) is 5.82 Å². The SMILES string of the molecule is CC(C)O[P@@]1(=O)OC[C@H]2O[C@@H](n3cc(F)c(=O)[nH]c3=O)[C@@](F)(Cl)[C@@H]2O1. The summed E-state index contributed by atoms with van der Waals surface area (Å²) in [5, 5.41) is -2.90. The van der Waals surface area contributed by atoms with Gasteiger partial charge in [-0.2, -0.15) is 4.39 Å². The minimum absolute atomic E-state index is 0.385. The summed E-state index contributed by atoms with van der Waals surface area (Å²) in [6.07, 6.45) is -4.67. The molecule has 0 radical (unpaired) electrons. The van der Waals surface area contributed by atoms with Crippen LogP contribution in [0.5, 0.6) is 0 Å². The molecule has 1 aromatic rings. The highest BCUT2D eigenvalue weighted by atomic mass is 35.5. The molecule has 3 heterocycles. The van der Waals surface area contributed by atoms with Crippen LogP contribution in [0.1, 0.15) is 20.1 Å². The van der Waals surface area contributed by atoms with Crippen molar-refractivity contribution < 1.29 is 31.7 Å². The maximum absolute atomic E-state index is 15.1. The van der Waals surface area contributed by atoms with E-state index in [2.05, 4.69) is 0 Å². The third kappa shape index (κ3) is 3.32. The van der Waals surface area contributed by atoms with Crippen molar-refractivity contribution in [3.8, 4) is 0 Å². The third-order valence-corrected chi connectivity index (χ3v) is 5.54. The summed E-state index contributed by atoms with van der Waals surface area (Å²) in [7, 11) is -4.09. The van der Waals surface area contributed by atoms with Gasteiger partial charge < -0.3 is 4.74 Å². The van der Waals surface area contributed by atoms with Gasteiger partial charge in [-0.3, -0.25) is 27.9 Å². The molecule has 2 fully saturated rings. The monoisotopic (exact) mass is 402 g/mol. The number of hydrogen-bond donors (Lipinski definition) is 1. The quantitative estimate of drug-likeness (QED) is 0.601. The van der Waals surface area contributed by atoms with Gasteiger partial charge in [0.1, 0.15) is 6.10 Å². The lowest BCUT2D eigenvalue weighted by Crippen LogP contribution is -2.45. The molecule has 0 aromatic carbocycles. The predicted octanol–water partition coefficient (Wildman–Crippen LogP) is 1.43. The van der Waals surface area contributed by atoms with E-state index in [4.69, 9.17) is 29.9 Å². The molecule has 0 saturated carbocycles. The molecular formula is C12H14ClF2N2O7P. The first-order valence-corrected chi connectivity index (χ1v) is 9.03. The first kappa shape index (κ1) is 18.7. The highest BCUT2D eigenvalue weighted by molar-refractivity contribution is 7.48. The Hall–Kier alpha value is -1.10. The van der Waals surface area contributed by atoms with Crippen molar-refractivity contribution in [2.45, 2.75) is 43.5 Å². The number of rotatable bonds is 3.